The second kappa shape index (κ2) is 16.8. The normalized spacial score (nSPS) is 12.7. The Morgan fingerprint density at radius 2 is 1.60 bits per heavy atom. The maximum atomic E-state index is 12.7. The molecule has 0 saturated heterocycles. The SMILES string of the molecule is CCCC[Si](C)(C)O[Si](C)(C)CCCN(C)Cc1ccc(Nc2ccc(S(=O)(=O)NCCCC(C)C)cc2[N+](=O)[O-])cc1. The van der Waals surface area contributed by atoms with Gasteiger partial charge in [-0.1, -0.05) is 45.7 Å². The summed E-state index contributed by atoms with van der Waals surface area (Å²) in [4.78, 5) is 13.4. The van der Waals surface area contributed by atoms with Gasteiger partial charge in [0, 0.05) is 24.8 Å². The minimum absolute atomic E-state index is 0.118. The highest BCUT2D eigenvalue weighted by molar-refractivity contribution is 7.89. The van der Waals surface area contributed by atoms with Crippen LogP contribution in [0.1, 0.15) is 58.4 Å². The first-order chi connectivity index (χ1) is 20.0. The highest BCUT2D eigenvalue weighted by Gasteiger charge is 2.32. The van der Waals surface area contributed by atoms with Crippen molar-refractivity contribution in [1.82, 2.24) is 9.62 Å². The molecule has 9 nitrogen and oxygen atoms in total. The first-order valence-corrected chi connectivity index (χ1v) is 23.3. The zero-order valence-electron chi connectivity index (χ0n) is 27.5. The molecule has 43 heavy (non-hydrogen) atoms. The van der Waals surface area contributed by atoms with Crippen LogP contribution in [0.2, 0.25) is 38.3 Å². The Morgan fingerprint density at radius 3 is 2.19 bits per heavy atom. The molecule has 2 rings (SSSR count). The fourth-order valence-electron chi connectivity index (χ4n) is 5.20. The molecule has 2 N–H and O–H groups in total. The van der Waals surface area contributed by atoms with Gasteiger partial charge in [-0.25, -0.2) is 13.1 Å². The first kappa shape index (κ1) is 37.1. The number of rotatable bonds is 20. The van der Waals surface area contributed by atoms with E-state index >= 15 is 0 Å². The maximum Gasteiger partial charge on any atom is 0.294 e. The minimum Gasteiger partial charge on any atom is -0.455 e. The summed E-state index contributed by atoms with van der Waals surface area (Å²) in [6.07, 6.45) is 5.19. The summed E-state index contributed by atoms with van der Waals surface area (Å²) in [6, 6.07) is 14.1. The Hall–Kier alpha value is -2.10. The van der Waals surface area contributed by atoms with Crippen LogP contribution in [-0.2, 0) is 20.7 Å². The number of anilines is 2. The van der Waals surface area contributed by atoms with Gasteiger partial charge in [0.2, 0.25) is 10.0 Å². The van der Waals surface area contributed by atoms with Crippen molar-refractivity contribution in [3.8, 4) is 0 Å². The van der Waals surface area contributed by atoms with E-state index in [0.29, 0.717) is 24.6 Å². The van der Waals surface area contributed by atoms with Gasteiger partial charge in [-0.15, -0.1) is 0 Å². The first-order valence-electron chi connectivity index (χ1n) is 15.6. The quantitative estimate of drug-likeness (QED) is 0.0644. The predicted molar refractivity (Wildman–Crippen MR) is 184 cm³/mol. The van der Waals surface area contributed by atoms with Crippen molar-refractivity contribution >= 4 is 43.7 Å². The van der Waals surface area contributed by atoms with Gasteiger partial charge in [0.25, 0.3) is 5.69 Å². The molecule has 2 aromatic carbocycles. The molecule has 242 valence electrons. The van der Waals surface area contributed by atoms with Crippen molar-refractivity contribution < 1.29 is 17.5 Å². The number of nitro benzene ring substituents is 1. The predicted octanol–water partition coefficient (Wildman–Crippen LogP) is 8.10. The molecule has 0 aliphatic rings. The topological polar surface area (TPSA) is 114 Å². The van der Waals surface area contributed by atoms with Crippen molar-refractivity contribution in [2.24, 2.45) is 5.92 Å². The van der Waals surface area contributed by atoms with Crippen LogP contribution in [0.3, 0.4) is 0 Å². The molecule has 0 aliphatic heterocycles. The number of hydrogen-bond donors (Lipinski definition) is 2. The highest BCUT2D eigenvalue weighted by Crippen LogP contribution is 2.30. The standard InChI is InChI=1S/C31H54N4O5SSi2/c1-9-10-22-42(5,6)40-43(7,8)23-12-21-34(4)25-27-14-16-28(17-15-27)33-30-19-18-29(24-31(30)35(36)37)41(38,39)32-20-11-13-26(2)3/h14-19,24,26,32-33H,9-13,20-23,25H2,1-8H3. The lowest BCUT2D eigenvalue weighted by molar-refractivity contribution is -0.384. The summed E-state index contributed by atoms with van der Waals surface area (Å²) in [7, 11) is -4.99. The average molecular weight is 651 g/mol. The van der Waals surface area contributed by atoms with Crippen LogP contribution >= 0.6 is 0 Å². The Kier molecular flexibility index (Phi) is 14.5. The van der Waals surface area contributed by atoms with Crippen molar-refractivity contribution in [3.05, 3.63) is 58.1 Å². The van der Waals surface area contributed by atoms with Crippen molar-refractivity contribution in [3.63, 3.8) is 0 Å². The van der Waals surface area contributed by atoms with Crippen LogP contribution in [0.15, 0.2) is 47.4 Å². The van der Waals surface area contributed by atoms with Gasteiger partial charge < -0.3 is 14.3 Å². The van der Waals surface area contributed by atoms with Gasteiger partial charge in [0.05, 0.1) is 9.82 Å². The van der Waals surface area contributed by atoms with Gasteiger partial charge in [-0.3, -0.25) is 10.1 Å². The summed E-state index contributed by atoms with van der Waals surface area (Å²) in [6.45, 7) is 17.9. The largest absolute Gasteiger partial charge is 0.455 e. The zero-order chi connectivity index (χ0) is 32.3. The maximum absolute atomic E-state index is 12.7. The van der Waals surface area contributed by atoms with Crippen molar-refractivity contribution in [2.75, 3.05) is 25.5 Å². The van der Waals surface area contributed by atoms with E-state index in [1.807, 2.05) is 24.3 Å². The number of hydrogen-bond acceptors (Lipinski definition) is 7. The Bertz CT molecular complexity index is 1270. The molecule has 0 unspecified atom stereocenters. The number of unbranched alkanes of at least 4 members (excludes halogenated alkanes) is 1. The lowest BCUT2D eigenvalue weighted by atomic mass is 10.1. The van der Waals surface area contributed by atoms with Gasteiger partial charge in [-0.05, 0) is 107 Å². The van der Waals surface area contributed by atoms with Crippen molar-refractivity contribution in [1.29, 1.82) is 0 Å². The monoisotopic (exact) mass is 650 g/mol. The summed E-state index contributed by atoms with van der Waals surface area (Å²) >= 11 is 0. The van der Waals surface area contributed by atoms with Crippen LogP contribution in [0.5, 0.6) is 0 Å². The van der Waals surface area contributed by atoms with Crippen LogP contribution in [0, 0.1) is 16.0 Å². The third-order valence-electron chi connectivity index (χ3n) is 7.42. The molecule has 0 aromatic heterocycles. The molecule has 0 radical (unpaired) electrons. The lowest BCUT2D eigenvalue weighted by Gasteiger charge is -2.34. The third kappa shape index (κ3) is 13.6. The van der Waals surface area contributed by atoms with E-state index in [0.717, 1.165) is 43.6 Å². The van der Waals surface area contributed by atoms with Crippen LogP contribution in [0.25, 0.3) is 0 Å². The second-order valence-electron chi connectivity index (χ2n) is 13.3. The molecule has 0 spiro atoms. The number of benzene rings is 2. The molecule has 0 fully saturated rings. The molecule has 0 atom stereocenters. The van der Waals surface area contributed by atoms with Crippen LogP contribution in [-0.4, -0.2) is 55.0 Å². The summed E-state index contributed by atoms with van der Waals surface area (Å²) in [5, 5.41) is 14.9. The van der Waals surface area contributed by atoms with E-state index in [1.165, 1.54) is 31.0 Å². The van der Waals surface area contributed by atoms with Gasteiger partial charge in [-0.2, -0.15) is 0 Å². The molecular formula is C31H54N4O5SSi2. The van der Waals surface area contributed by atoms with Gasteiger partial charge >= 0.3 is 0 Å². The Labute approximate surface area is 262 Å². The summed E-state index contributed by atoms with van der Waals surface area (Å²) < 4.78 is 34.7. The fourth-order valence-corrected chi connectivity index (χ4v) is 15.3. The number of nitrogens with one attached hydrogen (secondary N) is 2. The lowest BCUT2D eigenvalue weighted by Crippen LogP contribution is -2.44. The molecule has 0 bridgehead atoms. The summed E-state index contributed by atoms with van der Waals surface area (Å²) in [5.41, 5.74) is 1.79. The van der Waals surface area contributed by atoms with E-state index in [2.05, 4.69) is 68.9 Å². The van der Waals surface area contributed by atoms with Gasteiger partial charge in [0.15, 0.2) is 16.6 Å². The number of nitrogens with zero attached hydrogens (tertiary/aromatic N) is 2. The van der Waals surface area contributed by atoms with E-state index < -0.39 is 31.6 Å². The van der Waals surface area contributed by atoms with E-state index in [-0.39, 0.29) is 16.3 Å². The molecule has 0 aliphatic carbocycles. The van der Waals surface area contributed by atoms with E-state index in [9.17, 15) is 18.5 Å². The van der Waals surface area contributed by atoms with Crippen molar-refractivity contribution in [2.45, 2.75) is 103 Å². The average Bonchev–Trinajstić information content (AvgIpc) is 2.90. The third-order valence-corrected chi connectivity index (χ3v) is 16.4. The molecular weight excluding hydrogens is 597 g/mol. The minimum atomic E-state index is -3.84. The second-order valence-corrected chi connectivity index (χ2v) is 23.9. The molecule has 2 aromatic rings. The molecule has 12 heteroatoms. The fraction of sp³-hybridized carbons (Fsp3) is 0.613. The Morgan fingerprint density at radius 1 is 0.977 bits per heavy atom. The van der Waals surface area contributed by atoms with Crippen LogP contribution in [0.4, 0.5) is 17.1 Å². The number of nitro groups is 1. The molecule has 0 saturated carbocycles. The molecule has 0 heterocycles. The zero-order valence-corrected chi connectivity index (χ0v) is 30.4. The van der Waals surface area contributed by atoms with Crippen LogP contribution < -0.4 is 10.0 Å². The highest BCUT2D eigenvalue weighted by atomic mass is 32.2. The number of sulfonamides is 1. The molecule has 0 amide bonds. The smallest absolute Gasteiger partial charge is 0.294 e. The summed E-state index contributed by atoms with van der Waals surface area (Å²) in [5.74, 6) is 0.476. The van der Waals surface area contributed by atoms with E-state index in [4.69, 9.17) is 4.12 Å². The Balaban J connectivity index is 1.94. The van der Waals surface area contributed by atoms with Gasteiger partial charge in [0.1, 0.15) is 5.69 Å². The van der Waals surface area contributed by atoms with E-state index in [1.54, 1.807) is 0 Å².